The van der Waals surface area contributed by atoms with Crippen molar-refractivity contribution >= 4 is 17.2 Å². The van der Waals surface area contributed by atoms with Crippen molar-refractivity contribution in [3.05, 3.63) is 22.4 Å². The molecule has 1 saturated carbocycles. The molecule has 3 nitrogen and oxygen atoms in total. The summed E-state index contributed by atoms with van der Waals surface area (Å²) in [6.45, 7) is 9.49. The highest BCUT2D eigenvalue weighted by molar-refractivity contribution is 7.07. The molecule has 1 aliphatic carbocycles. The van der Waals surface area contributed by atoms with Gasteiger partial charge in [0.15, 0.2) is 0 Å². The van der Waals surface area contributed by atoms with Crippen LogP contribution < -0.4 is 5.32 Å². The molecule has 1 aromatic rings. The first kappa shape index (κ1) is 12.2. The summed E-state index contributed by atoms with van der Waals surface area (Å²) in [7, 11) is 0. The lowest BCUT2D eigenvalue weighted by Crippen LogP contribution is -2.35. The van der Waals surface area contributed by atoms with E-state index < -0.39 is 0 Å². The first-order chi connectivity index (χ1) is 8.37. The molecule has 1 N–H and O–H groups in total. The van der Waals surface area contributed by atoms with Crippen LogP contribution in [0.2, 0.25) is 0 Å². The second-order valence-electron chi connectivity index (χ2n) is 6.49. The van der Waals surface area contributed by atoms with Gasteiger partial charge in [0.25, 0.3) is 0 Å². The second-order valence-corrected chi connectivity index (χ2v) is 7.27. The van der Waals surface area contributed by atoms with Crippen LogP contribution in [-0.2, 0) is 4.79 Å². The van der Waals surface area contributed by atoms with Crippen LogP contribution in [0.1, 0.15) is 39.4 Å². The lowest BCUT2D eigenvalue weighted by molar-refractivity contribution is -0.129. The van der Waals surface area contributed by atoms with Gasteiger partial charge >= 0.3 is 0 Å². The quantitative estimate of drug-likeness (QED) is 0.890. The van der Waals surface area contributed by atoms with Crippen molar-refractivity contribution in [3.8, 4) is 0 Å². The molecular weight excluding hydrogens is 244 g/mol. The molecule has 0 aromatic carbocycles. The van der Waals surface area contributed by atoms with Crippen molar-refractivity contribution in [3.63, 3.8) is 0 Å². The Morgan fingerprint density at radius 2 is 2.00 bits per heavy atom. The molecule has 18 heavy (non-hydrogen) atoms. The van der Waals surface area contributed by atoms with E-state index in [1.807, 2.05) is 0 Å². The van der Waals surface area contributed by atoms with Gasteiger partial charge in [-0.2, -0.15) is 11.3 Å². The highest BCUT2D eigenvalue weighted by atomic mass is 32.1. The van der Waals surface area contributed by atoms with Crippen LogP contribution in [0, 0.1) is 10.8 Å². The molecule has 4 heteroatoms. The lowest BCUT2D eigenvalue weighted by atomic mass is 10.0. The minimum absolute atomic E-state index is 0.0646. The molecule has 3 rings (SSSR count). The van der Waals surface area contributed by atoms with Crippen LogP contribution in [-0.4, -0.2) is 23.4 Å². The largest absolute Gasteiger partial charge is 0.318 e. The molecule has 2 fully saturated rings. The highest BCUT2D eigenvalue weighted by Gasteiger charge is 2.69. The van der Waals surface area contributed by atoms with Crippen molar-refractivity contribution in [2.24, 2.45) is 10.8 Å². The summed E-state index contributed by atoms with van der Waals surface area (Å²) >= 11 is 1.68. The van der Waals surface area contributed by atoms with Crippen LogP contribution >= 0.6 is 11.3 Å². The highest BCUT2D eigenvalue weighted by Crippen LogP contribution is 2.66. The SMILES string of the molecule is CC1(C)C(N2C(=O)CNC2c2ccsc2)C1(C)C. The molecule has 1 saturated heterocycles. The number of thiophene rings is 1. The third-order valence-corrected chi connectivity index (χ3v) is 5.80. The fourth-order valence-electron chi connectivity index (χ4n) is 3.38. The number of carbonyl (C=O) groups excluding carboxylic acids is 1. The van der Waals surface area contributed by atoms with Crippen LogP contribution in [0.4, 0.5) is 0 Å². The molecule has 0 spiro atoms. The standard InChI is InChI=1S/C14H20N2OS/c1-13(2)12(14(13,3)4)16-10(17)7-15-11(16)9-5-6-18-8-9/h5-6,8,11-12,15H,7H2,1-4H3. The van der Waals surface area contributed by atoms with Crippen molar-refractivity contribution in [2.75, 3.05) is 6.54 Å². The van der Waals surface area contributed by atoms with Gasteiger partial charge in [0.1, 0.15) is 6.17 Å². The maximum absolute atomic E-state index is 12.2. The van der Waals surface area contributed by atoms with E-state index in [0.717, 1.165) is 0 Å². The Hall–Kier alpha value is -0.870. The summed E-state index contributed by atoms with van der Waals surface area (Å²) < 4.78 is 0. The normalized spacial score (nSPS) is 29.9. The Morgan fingerprint density at radius 1 is 1.33 bits per heavy atom. The molecule has 2 aliphatic rings. The van der Waals surface area contributed by atoms with Crippen molar-refractivity contribution < 1.29 is 4.79 Å². The van der Waals surface area contributed by atoms with Gasteiger partial charge in [0, 0.05) is 6.04 Å². The molecule has 0 bridgehead atoms. The molecule has 1 atom stereocenters. The predicted molar refractivity (Wildman–Crippen MR) is 73.3 cm³/mol. The maximum atomic E-state index is 12.2. The average Bonchev–Trinajstić information content (AvgIpc) is 2.78. The Kier molecular flexibility index (Phi) is 2.42. The van der Waals surface area contributed by atoms with Crippen LogP contribution in [0.3, 0.4) is 0 Å². The topological polar surface area (TPSA) is 32.3 Å². The van der Waals surface area contributed by atoms with Gasteiger partial charge in [-0.05, 0) is 33.2 Å². The minimum Gasteiger partial charge on any atom is -0.318 e. The fraction of sp³-hybridized carbons (Fsp3) is 0.643. The lowest BCUT2D eigenvalue weighted by Gasteiger charge is -2.26. The van der Waals surface area contributed by atoms with E-state index in [1.165, 1.54) is 5.56 Å². The van der Waals surface area contributed by atoms with Gasteiger partial charge < -0.3 is 4.90 Å². The Bertz CT molecular complexity index is 464. The monoisotopic (exact) mass is 264 g/mol. The smallest absolute Gasteiger partial charge is 0.238 e. The van der Waals surface area contributed by atoms with Crippen molar-refractivity contribution in [1.29, 1.82) is 0 Å². The van der Waals surface area contributed by atoms with Crippen molar-refractivity contribution in [2.45, 2.75) is 39.9 Å². The molecule has 0 radical (unpaired) electrons. The summed E-state index contributed by atoms with van der Waals surface area (Å²) in [4.78, 5) is 14.3. The van der Waals surface area contributed by atoms with Crippen LogP contribution in [0.15, 0.2) is 16.8 Å². The Balaban J connectivity index is 1.93. The number of nitrogens with zero attached hydrogens (tertiary/aromatic N) is 1. The van der Waals surface area contributed by atoms with E-state index in [0.29, 0.717) is 12.6 Å². The van der Waals surface area contributed by atoms with Crippen LogP contribution in [0.5, 0.6) is 0 Å². The average molecular weight is 264 g/mol. The molecular formula is C14H20N2OS. The van der Waals surface area contributed by atoms with Gasteiger partial charge in [-0.1, -0.05) is 27.7 Å². The second kappa shape index (κ2) is 3.58. The maximum Gasteiger partial charge on any atom is 0.238 e. The number of nitrogens with one attached hydrogen (secondary N) is 1. The van der Waals surface area contributed by atoms with Gasteiger partial charge in [-0.25, -0.2) is 0 Å². The zero-order chi connectivity index (χ0) is 13.1. The molecule has 1 amide bonds. The Labute approximate surface area is 112 Å². The summed E-state index contributed by atoms with van der Waals surface area (Å²) in [6.07, 6.45) is 0.0646. The zero-order valence-electron chi connectivity index (χ0n) is 11.4. The fourth-order valence-corrected chi connectivity index (χ4v) is 4.06. The predicted octanol–water partition coefficient (Wildman–Crippen LogP) is 2.61. The number of hydrogen-bond donors (Lipinski definition) is 1. The zero-order valence-corrected chi connectivity index (χ0v) is 12.2. The van der Waals surface area contributed by atoms with Gasteiger partial charge in [-0.15, -0.1) is 0 Å². The van der Waals surface area contributed by atoms with E-state index in [1.54, 1.807) is 11.3 Å². The van der Waals surface area contributed by atoms with Crippen LogP contribution in [0.25, 0.3) is 0 Å². The van der Waals surface area contributed by atoms with E-state index in [2.05, 4.69) is 54.7 Å². The van der Waals surface area contributed by atoms with E-state index in [-0.39, 0.29) is 22.9 Å². The van der Waals surface area contributed by atoms with Gasteiger partial charge in [-0.3, -0.25) is 10.1 Å². The number of amides is 1. The van der Waals surface area contributed by atoms with Gasteiger partial charge in [0.05, 0.1) is 6.54 Å². The number of carbonyl (C=O) groups is 1. The number of hydrogen-bond acceptors (Lipinski definition) is 3. The third-order valence-electron chi connectivity index (χ3n) is 5.09. The molecule has 2 heterocycles. The van der Waals surface area contributed by atoms with Crippen molar-refractivity contribution in [1.82, 2.24) is 10.2 Å². The first-order valence-electron chi connectivity index (χ1n) is 6.44. The minimum atomic E-state index is 0.0646. The molecule has 98 valence electrons. The summed E-state index contributed by atoms with van der Waals surface area (Å²) in [5.74, 6) is 0.231. The summed E-state index contributed by atoms with van der Waals surface area (Å²) in [5, 5.41) is 7.54. The first-order valence-corrected chi connectivity index (χ1v) is 7.38. The Morgan fingerprint density at radius 3 is 2.50 bits per heavy atom. The number of rotatable bonds is 2. The van der Waals surface area contributed by atoms with Gasteiger partial charge in [0.2, 0.25) is 5.91 Å². The van der Waals surface area contributed by atoms with E-state index in [9.17, 15) is 4.79 Å². The van der Waals surface area contributed by atoms with E-state index >= 15 is 0 Å². The third kappa shape index (κ3) is 1.42. The summed E-state index contributed by atoms with van der Waals surface area (Å²) in [6, 6.07) is 2.44. The molecule has 1 aliphatic heterocycles. The molecule has 1 aromatic heterocycles. The van der Waals surface area contributed by atoms with E-state index in [4.69, 9.17) is 0 Å². The summed E-state index contributed by atoms with van der Waals surface area (Å²) in [5.41, 5.74) is 1.61. The molecule has 1 unspecified atom stereocenters.